The highest BCUT2D eigenvalue weighted by atomic mass is 35.5. The maximum absolute atomic E-state index is 16.3. The van der Waals surface area contributed by atoms with Crippen molar-refractivity contribution in [2.45, 2.75) is 45.9 Å². The quantitative estimate of drug-likeness (QED) is 0.329. The predicted molar refractivity (Wildman–Crippen MR) is 141 cm³/mol. The lowest BCUT2D eigenvalue weighted by Gasteiger charge is -2.23. The number of pyridine rings is 3. The van der Waals surface area contributed by atoms with Gasteiger partial charge in [-0.1, -0.05) is 11.6 Å². The van der Waals surface area contributed by atoms with Crippen LogP contribution in [0.15, 0.2) is 35.5 Å². The fourth-order valence-corrected chi connectivity index (χ4v) is 4.64. The molecule has 1 aliphatic rings. The van der Waals surface area contributed by atoms with Gasteiger partial charge in [-0.2, -0.15) is 5.10 Å². The average Bonchev–Trinajstić information content (AvgIpc) is 3.30. The van der Waals surface area contributed by atoms with Crippen LogP contribution in [0, 0.1) is 23.3 Å². The molecule has 0 aromatic carbocycles. The number of nitrogens with zero attached hydrogens (tertiary/aromatic N) is 5. The monoisotopic (exact) mass is 608 g/mol. The first-order chi connectivity index (χ1) is 20.6. The Labute approximate surface area is 243 Å². The summed E-state index contributed by atoms with van der Waals surface area (Å²) in [7, 11) is 0. The van der Waals surface area contributed by atoms with E-state index in [1.807, 2.05) is 0 Å². The molecule has 5 heterocycles. The minimum Gasteiger partial charge on any atom is -0.485 e. The Bertz CT molecular complexity index is 1870. The second-order valence-electron chi connectivity index (χ2n) is 9.79. The summed E-state index contributed by atoms with van der Waals surface area (Å²) in [5.74, 6) is -5.77. The fourth-order valence-electron chi connectivity index (χ4n) is 4.46. The van der Waals surface area contributed by atoms with Crippen molar-refractivity contribution in [3.05, 3.63) is 92.0 Å². The van der Waals surface area contributed by atoms with Crippen molar-refractivity contribution in [1.82, 2.24) is 29.6 Å². The topological polar surface area (TPSA) is 113 Å². The summed E-state index contributed by atoms with van der Waals surface area (Å²) in [4.78, 5) is 32.7. The molecule has 220 valence electrons. The summed E-state index contributed by atoms with van der Waals surface area (Å²) < 4.78 is 87.8. The second kappa shape index (κ2) is 11.2. The Balaban J connectivity index is 1.63. The zero-order valence-electron chi connectivity index (χ0n) is 24.3. The Morgan fingerprint density at radius 1 is 1.21 bits per heavy atom. The van der Waals surface area contributed by atoms with Crippen molar-refractivity contribution in [2.75, 3.05) is 6.61 Å². The van der Waals surface area contributed by atoms with Crippen LogP contribution in [0.25, 0.3) is 11.5 Å². The third-order valence-electron chi connectivity index (χ3n) is 6.27. The molecule has 0 atom stereocenters. The van der Waals surface area contributed by atoms with Crippen molar-refractivity contribution in [3.63, 3.8) is 0 Å². The normalized spacial score (nSPS) is 14.2. The number of aromatic nitrogens is 5. The lowest BCUT2D eigenvalue weighted by molar-refractivity contribution is -0.120. The van der Waals surface area contributed by atoms with Crippen LogP contribution >= 0.6 is 11.6 Å². The molecule has 0 bridgehead atoms. The van der Waals surface area contributed by atoms with Gasteiger partial charge in [-0.3, -0.25) is 19.1 Å². The van der Waals surface area contributed by atoms with Gasteiger partial charge >= 0.3 is 0 Å². The highest BCUT2D eigenvalue weighted by Crippen LogP contribution is 2.31. The molecule has 42 heavy (non-hydrogen) atoms. The van der Waals surface area contributed by atoms with Crippen molar-refractivity contribution in [2.24, 2.45) is 0 Å². The summed E-state index contributed by atoms with van der Waals surface area (Å²) in [5.41, 5.74) is -3.52. The summed E-state index contributed by atoms with van der Waals surface area (Å²) in [6.07, 6.45) is 2.84. The van der Waals surface area contributed by atoms with E-state index in [9.17, 15) is 22.8 Å². The third-order valence-corrected chi connectivity index (χ3v) is 6.61. The van der Waals surface area contributed by atoms with Crippen LogP contribution in [-0.4, -0.2) is 36.8 Å². The molecule has 1 N–H and O–H groups in total. The Morgan fingerprint density at radius 2 is 1.98 bits per heavy atom. The highest BCUT2D eigenvalue weighted by molar-refractivity contribution is 6.31. The van der Waals surface area contributed by atoms with Gasteiger partial charge in [0.1, 0.15) is 34.5 Å². The van der Waals surface area contributed by atoms with Gasteiger partial charge in [0, 0.05) is 30.8 Å². The minimum absolute atomic E-state index is 0.0335. The van der Waals surface area contributed by atoms with Crippen LogP contribution in [0.1, 0.15) is 46.2 Å². The van der Waals surface area contributed by atoms with E-state index in [-0.39, 0.29) is 42.3 Å². The van der Waals surface area contributed by atoms with Gasteiger partial charge in [-0.25, -0.2) is 27.2 Å². The molecule has 0 fully saturated rings. The molecule has 10 nitrogen and oxygen atoms in total. The molecule has 5 rings (SSSR count). The molecule has 0 saturated heterocycles. The zero-order valence-corrected chi connectivity index (χ0v) is 23.0. The second-order valence-corrected chi connectivity index (χ2v) is 10.2. The van der Waals surface area contributed by atoms with Crippen molar-refractivity contribution < 1.29 is 34.6 Å². The summed E-state index contributed by atoms with van der Waals surface area (Å²) >= 11 is 6.29. The molecule has 1 amide bonds. The number of hydrogen-bond acceptors (Lipinski definition) is 7. The minimum atomic E-state index is -3.01. The SMILES string of the molecule is [2H]C([2H])(Oc1cc2n(c(=O)c1Cl)-c1c(cnc(-n3cc(F)c(C(C)(C)NC(C)=O)n3)c1F)CCOC2)c1ncc(F)cc1F. The lowest BCUT2D eigenvalue weighted by atomic mass is 10.0. The summed E-state index contributed by atoms with van der Waals surface area (Å²) in [5, 5.41) is 5.97. The van der Waals surface area contributed by atoms with Crippen LogP contribution in [-0.2, 0) is 34.7 Å². The number of nitrogens with one attached hydrogen (secondary N) is 1. The average molecular weight is 609 g/mol. The summed E-state index contributed by atoms with van der Waals surface area (Å²) in [6.45, 7) is 1.04. The number of rotatable bonds is 6. The lowest BCUT2D eigenvalue weighted by Crippen LogP contribution is -2.40. The molecule has 0 aliphatic carbocycles. The molecule has 4 aromatic rings. The molecule has 1 aliphatic heterocycles. The standard InChI is InChI=1S/C27H23ClF4N6O4/c1-13(39)35-27(2,3)24-18(31)10-37(36-24)25-22(32)23-14(8-34-25)4-5-41-11-16-7-20(21(28)26(40)38(16)23)42-12-19-17(30)6-15(29)9-33-19/h6-10H,4-5,11-12H2,1-3H3,(H,35,39)/i12D2. The predicted octanol–water partition coefficient (Wildman–Crippen LogP) is 4.05. The van der Waals surface area contributed by atoms with Crippen LogP contribution in [0.4, 0.5) is 17.6 Å². The number of carbonyl (C=O) groups is 1. The van der Waals surface area contributed by atoms with E-state index in [4.69, 9.17) is 23.8 Å². The van der Waals surface area contributed by atoms with E-state index in [0.717, 1.165) is 21.5 Å². The fraction of sp³-hybridized carbons (Fsp3) is 0.296. The highest BCUT2D eigenvalue weighted by Gasteiger charge is 2.31. The molecule has 0 unspecified atom stereocenters. The first kappa shape index (κ1) is 26.6. The molecule has 0 radical (unpaired) electrons. The van der Waals surface area contributed by atoms with Crippen molar-refractivity contribution >= 4 is 17.5 Å². The number of fused-ring (bicyclic) bond motifs is 3. The van der Waals surface area contributed by atoms with E-state index >= 15 is 4.39 Å². The molecular formula is C27H23ClF4N6O4. The number of hydrogen-bond donors (Lipinski definition) is 1. The summed E-state index contributed by atoms with van der Waals surface area (Å²) in [6, 6.07) is 1.52. The van der Waals surface area contributed by atoms with E-state index in [0.29, 0.717) is 12.3 Å². The number of carbonyl (C=O) groups excluding carboxylic acids is 1. The van der Waals surface area contributed by atoms with Crippen LogP contribution in [0.5, 0.6) is 5.75 Å². The van der Waals surface area contributed by atoms with Gasteiger partial charge in [-0.05, 0) is 20.3 Å². The number of ether oxygens (including phenoxy) is 2. The Kier molecular flexibility index (Phi) is 7.07. The Hall–Kier alpha value is -4.30. The third kappa shape index (κ3) is 5.46. The number of amides is 1. The van der Waals surface area contributed by atoms with Gasteiger partial charge in [0.25, 0.3) is 5.56 Å². The van der Waals surface area contributed by atoms with E-state index in [1.54, 1.807) is 0 Å². The van der Waals surface area contributed by atoms with E-state index in [2.05, 4.69) is 20.4 Å². The van der Waals surface area contributed by atoms with Gasteiger partial charge < -0.3 is 14.8 Å². The largest absolute Gasteiger partial charge is 0.485 e. The first-order valence-corrected chi connectivity index (χ1v) is 12.7. The van der Waals surface area contributed by atoms with Gasteiger partial charge in [0.05, 0.1) is 45.3 Å². The van der Waals surface area contributed by atoms with Crippen molar-refractivity contribution in [1.29, 1.82) is 0 Å². The van der Waals surface area contributed by atoms with Crippen molar-refractivity contribution in [3.8, 4) is 17.3 Å². The van der Waals surface area contributed by atoms with Gasteiger partial charge in [-0.15, -0.1) is 0 Å². The van der Waals surface area contributed by atoms with E-state index < -0.39 is 69.1 Å². The van der Waals surface area contributed by atoms with Crippen LogP contribution in [0.3, 0.4) is 0 Å². The van der Waals surface area contributed by atoms with Crippen LogP contribution in [0.2, 0.25) is 5.02 Å². The van der Waals surface area contributed by atoms with Gasteiger partial charge in [0.2, 0.25) is 5.91 Å². The first-order valence-electron chi connectivity index (χ1n) is 13.4. The Morgan fingerprint density at radius 3 is 2.69 bits per heavy atom. The molecule has 0 saturated carbocycles. The van der Waals surface area contributed by atoms with Gasteiger partial charge in [0.15, 0.2) is 23.3 Å². The maximum Gasteiger partial charge on any atom is 0.278 e. The molecule has 0 spiro atoms. The zero-order chi connectivity index (χ0) is 32.1. The molecule has 15 heteroatoms. The number of halogens is 5. The smallest absolute Gasteiger partial charge is 0.278 e. The molecular weight excluding hydrogens is 584 g/mol. The van der Waals surface area contributed by atoms with E-state index in [1.165, 1.54) is 27.0 Å². The molecule has 4 aromatic heterocycles. The van der Waals surface area contributed by atoms with Crippen LogP contribution < -0.4 is 15.6 Å². The maximum atomic E-state index is 16.3.